The summed E-state index contributed by atoms with van der Waals surface area (Å²) in [5, 5.41) is 10.6. The Morgan fingerprint density at radius 2 is 2.15 bits per heavy atom. The van der Waals surface area contributed by atoms with Crippen molar-refractivity contribution in [2.45, 2.75) is 44.4 Å². The van der Waals surface area contributed by atoms with E-state index >= 15 is 0 Å². The average molecular weight is 288 g/mol. The molecule has 112 valence electrons. The third kappa shape index (κ3) is 3.26. The van der Waals surface area contributed by atoms with E-state index in [-0.39, 0.29) is 12.8 Å². The van der Waals surface area contributed by atoms with Gasteiger partial charge in [0.2, 0.25) is 0 Å². The molecule has 1 aliphatic rings. The van der Waals surface area contributed by atoms with Gasteiger partial charge in [0.25, 0.3) is 0 Å². The first-order chi connectivity index (χ1) is 9.35. The second-order valence-corrected chi connectivity index (χ2v) is 5.33. The first kappa shape index (κ1) is 15.2. The number of hydrogen-bond donors (Lipinski definition) is 1. The van der Waals surface area contributed by atoms with Crippen LogP contribution in [0.3, 0.4) is 0 Å². The Hall–Kier alpha value is -1.23. The van der Waals surface area contributed by atoms with Gasteiger partial charge in [-0.3, -0.25) is 0 Å². The van der Waals surface area contributed by atoms with E-state index in [4.69, 9.17) is 4.74 Å². The molecule has 2 nitrogen and oxygen atoms in total. The lowest BCUT2D eigenvalue weighted by atomic mass is 9.74. The van der Waals surface area contributed by atoms with Crippen molar-refractivity contribution in [3.8, 4) is 5.75 Å². The predicted molar refractivity (Wildman–Crippen MR) is 69.5 cm³/mol. The number of ether oxygens (including phenoxy) is 1. The Morgan fingerprint density at radius 3 is 2.80 bits per heavy atom. The Balaban J connectivity index is 2.23. The highest BCUT2D eigenvalue weighted by Crippen LogP contribution is 2.46. The van der Waals surface area contributed by atoms with E-state index in [0.717, 1.165) is 0 Å². The molecule has 0 amide bonds. The minimum Gasteiger partial charge on any atom is -0.494 e. The number of aliphatic hydroxyl groups is 1. The van der Waals surface area contributed by atoms with Crippen molar-refractivity contribution in [3.05, 3.63) is 29.8 Å². The predicted octanol–water partition coefficient (Wildman–Crippen LogP) is 4.03. The lowest BCUT2D eigenvalue weighted by Gasteiger charge is -2.38. The normalized spacial score (nSPS) is 27.4. The summed E-state index contributed by atoms with van der Waals surface area (Å²) < 4.78 is 43.9. The Bertz CT molecular complexity index is 459. The van der Waals surface area contributed by atoms with Crippen LogP contribution < -0.4 is 4.74 Å². The zero-order valence-corrected chi connectivity index (χ0v) is 11.4. The van der Waals surface area contributed by atoms with Crippen LogP contribution in [0.15, 0.2) is 24.3 Å². The number of hydrogen-bond acceptors (Lipinski definition) is 2. The molecular weight excluding hydrogens is 269 g/mol. The molecule has 5 heteroatoms. The van der Waals surface area contributed by atoms with Gasteiger partial charge in [-0.2, -0.15) is 13.2 Å². The molecule has 2 atom stereocenters. The first-order valence-electron chi connectivity index (χ1n) is 6.87. The second-order valence-electron chi connectivity index (χ2n) is 5.33. The van der Waals surface area contributed by atoms with Crippen molar-refractivity contribution in [2.24, 2.45) is 5.92 Å². The van der Waals surface area contributed by atoms with Crippen molar-refractivity contribution in [1.82, 2.24) is 0 Å². The van der Waals surface area contributed by atoms with Crippen LogP contribution in [0, 0.1) is 5.92 Å². The van der Waals surface area contributed by atoms with Gasteiger partial charge in [0.1, 0.15) is 5.75 Å². The van der Waals surface area contributed by atoms with Gasteiger partial charge in [-0.05, 0) is 50.3 Å². The third-order valence-electron chi connectivity index (χ3n) is 3.87. The maximum absolute atomic E-state index is 12.9. The largest absolute Gasteiger partial charge is 0.494 e. The first-order valence-corrected chi connectivity index (χ1v) is 6.87. The van der Waals surface area contributed by atoms with Crippen LogP contribution in [0.25, 0.3) is 0 Å². The number of rotatable bonds is 3. The summed E-state index contributed by atoms with van der Waals surface area (Å²) in [5.74, 6) is -0.857. The van der Waals surface area contributed by atoms with Gasteiger partial charge in [-0.15, -0.1) is 0 Å². The number of alkyl halides is 3. The van der Waals surface area contributed by atoms with Gasteiger partial charge in [-0.1, -0.05) is 12.1 Å². The maximum Gasteiger partial charge on any atom is 0.391 e. The fourth-order valence-electron chi connectivity index (χ4n) is 2.84. The van der Waals surface area contributed by atoms with Crippen LogP contribution in [0.1, 0.15) is 38.2 Å². The fraction of sp³-hybridized carbons (Fsp3) is 0.600. The second kappa shape index (κ2) is 5.64. The molecule has 1 saturated carbocycles. The van der Waals surface area contributed by atoms with Gasteiger partial charge >= 0.3 is 6.18 Å². The van der Waals surface area contributed by atoms with Gasteiger partial charge in [0, 0.05) is 0 Å². The van der Waals surface area contributed by atoms with E-state index in [9.17, 15) is 18.3 Å². The van der Waals surface area contributed by atoms with Crippen LogP contribution in [-0.2, 0) is 5.60 Å². The van der Waals surface area contributed by atoms with Crippen molar-refractivity contribution in [2.75, 3.05) is 6.61 Å². The Morgan fingerprint density at radius 1 is 1.40 bits per heavy atom. The molecule has 0 bridgehead atoms. The van der Waals surface area contributed by atoms with Crippen LogP contribution >= 0.6 is 0 Å². The molecule has 1 fully saturated rings. The highest BCUT2D eigenvalue weighted by Gasteiger charge is 2.47. The summed E-state index contributed by atoms with van der Waals surface area (Å²) >= 11 is 0. The molecule has 1 aliphatic carbocycles. The van der Waals surface area contributed by atoms with E-state index in [1.807, 2.05) is 6.92 Å². The van der Waals surface area contributed by atoms with Crippen LogP contribution in [0.5, 0.6) is 5.75 Å². The topological polar surface area (TPSA) is 29.5 Å². The lowest BCUT2D eigenvalue weighted by molar-refractivity contribution is -0.201. The summed E-state index contributed by atoms with van der Waals surface area (Å²) in [6.45, 7) is 2.31. The highest BCUT2D eigenvalue weighted by atomic mass is 19.4. The molecule has 1 aromatic rings. The van der Waals surface area contributed by atoms with Gasteiger partial charge in [-0.25, -0.2) is 0 Å². The van der Waals surface area contributed by atoms with Gasteiger partial charge in [0.05, 0.1) is 18.1 Å². The SMILES string of the molecule is CCOc1cccc(C2(O)CCCC(C(F)(F)F)C2)c1. The van der Waals surface area contributed by atoms with Gasteiger partial charge < -0.3 is 9.84 Å². The molecule has 2 rings (SSSR count). The maximum atomic E-state index is 12.9. The van der Waals surface area contributed by atoms with Crippen molar-refractivity contribution < 1.29 is 23.0 Å². The van der Waals surface area contributed by atoms with Crippen molar-refractivity contribution in [1.29, 1.82) is 0 Å². The minimum atomic E-state index is -4.24. The van der Waals surface area contributed by atoms with Crippen LogP contribution in [-0.4, -0.2) is 17.9 Å². The molecule has 0 radical (unpaired) electrons. The summed E-state index contributed by atoms with van der Waals surface area (Å²) in [6, 6.07) is 6.75. The van der Waals surface area contributed by atoms with E-state index < -0.39 is 17.7 Å². The fourth-order valence-corrected chi connectivity index (χ4v) is 2.84. The molecule has 0 aliphatic heterocycles. The molecule has 20 heavy (non-hydrogen) atoms. The highest BCUT2D eigenvalue weighted by molar-refractivity contribution is 5.32. The summed E-state index contributed by atoms with van der Waals surface area (Å²) in [7, 11) is 0. The third-order valence-corrected chi connectivity index (χ3v) is 3.87. The van der Waals surface area contributed by atoms with Crippen LogP contribution in [0.2, 0.25) is 0 Å². The van der Waals surface area contributed by atoms with E-state index in [1.54, 1.807) is 24.3 Å². The molecule has 0 saturated heterocycles. The van der Waals surface area contributed by atoms with E-state index in [1.165, 1.54) is 0 Å². The standard InChI is InChI=1S/C15H19F3O2/c1-2-20-13-7-3-5-11(9-13)14(19)8-4-6-12(10-14)15(16,17)18/h3,5,7,9,12,19H,2,4,6,8,10H2,1H3. The molecule has 1 N–H and O–H groups in total. The molecule has 0 spiro atoms. The molecule has 0 aromatic heterocycles. The monoisotopic (exact) mass is 288 g/mol. The molecule has 1 aromatic carbocycles. The summed E-state index contributed by atoms with van der Waals surface area (Å²) in [5.41, 5.74) is -0.900. The Labute approximate surface area is 116 Å². The minimum absolute atomic E-state index is 0.0942. The number of halogens is 3. The molecule has 2 unspecified atom stereocenters. The summed E-state index contributed by atoms with van der Waals surface area (Å²) in [4.78, 5) is 0. The quantitative estimate of drug-likeness (QED) is 0.910. The van der Waals surface area contributed by atoms with E-state index in [0.29, 0.717) is 30.8 Å². The number of benzene rings is 1. The lowest BCUT2D eigenvalue weighted by Crippen LogP contribution is -2.38. The molecular formula is C15H19F3O2. The summed E-state index contributed by atoms with van der Waals surface area (Å²) in [6.07, 6.45) is -3.69. The van der Waals surface area contributed by atoms with Crippen molar-refractivity contribution >= 4 is 0 Å². The van der Waals surface area contributed by atoms with Gasteiger partial charge in [0.15, 0.2) is 0 Å². The van der Waals surface area contributed by atoms with Crippen LogP contribution in [0.4, 0.5) is 13.2 Å². The molecule has 0 heterocycles. The zero-order chi connectivity index (χ0) is 14.8. The van der Waals surface area contributed by atoms with Crippen molar-refractivity contribution in [3.63, 3.8) is 0 Å². The van der Waals surface area contributed by atoms with E-state index in [2.05, 4.69) is 0 Å². The zero-order valence-electron chi connectivity index (χ0n) is 11.4. The Kier molecular flexibility index (Phi) is 4.28. The average Bonchev–Trinajstić information content (AvgIpc) is 2.39. The smallest absolute Gasteiger partial charge is 0.391 e.